The van der Waals surface area contributed by atoms with Crippen molar-refractivity contribution in [2.75, 3.05) is 4.31 Å². The highest BCUT2D eigenvalue weighted by Crippen LogP contribution is 2.33. The molecular weight excluding hydrogens is 391 g/mol. The number of benzene rings is 2. The van der Waals surface area contributed by atoms with Gasteiger partial charge in [-0.15, -0.1) is 0 Å². The van der Waals surface area contributed by atoms with E-state index in [0.29, 0.717) is 15.7 Å². The minimum absolute atomic E-state index is 0.160. The Balaban J connectivity index is 2.13. The third-order valence-corrected chi connectivity index (χ3v) is 6.39. The van der Waals surface area contributed by atoms with Crippen LogP contribution in [0.25, 0.3) is 0 Å². The zero-order chi connectivity index (χ0) is 18.7. The van der Waals surface area contributed by atoms with Crippen molar-refractivity contribution in [1.29, 1.82) is 0 Å². The number of nitrogens with zero attached hydrogens (tertiary/aromatic N) is 2. The van der Waals surface area contributed by atoms with Crippen molar-refractivity contribution in [3.05, 3.63) is 88.7 Å². The smallest absolute Gasteiger partial charge is 0.264 e. The number of sulfonamides is 1. The summed E-state index contributed by atoms with van der Waals surface area (Å²) in [6, 6.07) is 16.0. The second-order valence-corrected chi connectivity index (χ2v) is 8.38. The van der Waals surface area contributed by atoms with Gasteiger partial charge in [0.05, 0.1) is 16.6 Å². The fraction of sp³-hybridized carbons (Fsp3) is 0.105. The van der Waals surface area contributed by atoms with Crippen LogP contribution in [0.2, 0.25) is 10.0 Å². The van der Waals surface area contributed by atoms with Crippen LogP contribution in [0.3, 0.4) is 0 Å². The van der Waals surface area contributed by atoms with Crippen LogP contribution in [-0.2, 0) is 10.0 Å². The standard InChI is InChI=1S/C19H16Cl2N2O2S/c1-14(15-3-2-12-22-13-15)23(18-8-4-16(20)5-9-18)26(24,25)19-10-6-17(21)7-11-19/h2-14H,1H3. The van der Waals surface area contributed by atoms with Gasteiger partial charge in [-0.05, 0) is 67.1 Å². The Morgan fingerprint density at radius 2 is 1.50 bits per heavy atom. The van der Waals surface area contributed by atoms with Gasteiger partial charge >= 0.3 is 0 Å². The highest BCUT2D eigenvalue weighted by Gasteiger charge is 2.30. The lowest BCUT2D eigenvalue weighted by molar-refractivity contribution is 0.582. The first-order valence-corrected chi connectivity index (χ1v) is 10.0. The van der Waals surface area contributed by atoms with E-state index in [9.17, 15) is 8.42 Å². The van der Waals surface area contributed by atoms with E-state index < -0.39 is 16.1 Å². The van der Waals surface area contributed by atoms with Crippen molar-refractivity contribution in [3.63, 3.8) is 0 Å². The summed E-state index contributed by atoms with van der Waals surface area (Å²) in [4.78, 5) is 4.26. The molecule has 1 heterocycles. The monoisotopic (exact) mass is 406 g/mol. The maximum atomic E-state index is 13.4. The average molecular weight is 407 g/mol. The molecule has 1 atom stereocenters. The van der Waals surface area contributed by atoms with E-state index in [-0.39, 0.29) is 4.90 Å². The summed E-state index contributed by atoms with van der Waals surface area (Å²) in [5, 5.41) is 1.01. The first-order valence-electron chi connectivity index (χ1n) is 7.85. The third kappa shape index (κ3) is 3.85. The van der Waals surface area contributed by atoms with E-state index in [1.54, 1.807) is 54.9 Å². The van der Waals surface area contributed by atoms with Crippen LogP contribution in [0, 0.1) is 0 Å². The Labute approximate surface area is 163 Å². The van der Waals surface area contributed by atoms with Crippen LogP contribution in [0.4, 0.5) is 5.69 Å². The minimum Gasteiger partial charge on any atom is -0.264 e. The Bertz CT molecular complexity index is 976. The molecule has 0 aliphatic carbocycles. The van der Waals surface area contributed by atoms with Gasteiger partial charge in [-0.25, -0.2) is 8.42 Å². The van der Waals surface area contributed by atoms with Crippen molar-refractivity contribution in [2.45, 2.75) is 17.9 Å². The normalized spacial score (nSPS) is 12.6. The lowest BCUT2D eigenvalue weighted by atomic mass is 10.1. The van der Waals surface area contributed by atoms with E-state index in [1.807, 2.05) is 13.0 Å². The molecule has 0 aliphatic rings. The Morgan fingerprint density at radius 3 is 2.04 bits per heavy atom. The Morgan fingerprint density at radius 1 is 0.923 bits per heavy atom. The first-order chi connectivity index (χ1) is 12.4. The summed E-state index contributed by atoms with van der Waals surface area (Å²) in [5.74, 6) is 0. The molecule has 0 spiro atoms. The molecule has 0 bridgehead atoms. The van der Waals surface area contributed by atoms with Crippen LogP contribution < -0.4 is 4.31 Å². The highest BCUT2D eigenvalue weighted by atomic mass is 35.5. The van der Waals surface area contributed by atoms with Gasteiger partial charge in [0.25, 0.3) is 10.0 Å². The minimum atomic E-state index is -3.83. The summed E-state index contributed by atoms with van der Waals surface area (Å²) in [7, 11) is -3.83. The van der Waals surface area contributed by atoms with Crippen LogP contribution in [0.1, 0.15) is 18.5 Å². The van der Waals surface area contributed by atoms with Gasteiger partial charge < -0.3 is 0 Å². The van der Waals surface area contributed by atoms with Crippen LogP contribution >= 0.6 is 23.2 Å². The molecule has 26 heavy (non-hydrogen) atoms. The molecule has 3 rings (SSSR count). The number of hydrogen-bond donors (Lipinski definition) is 0. The Kier molecular flexibility index (Phi) is 5.51. The van der Waals surface area contributed by atoms with Gasteiger partial charge in [0.2, 0.25) is 0 Å². The van der Waals surface area contributed by atoms with Crippen molar-refractivity contribution in [1.82, 2.24) is 4.98 Å². The van der Waals surface area contributed by atoms with Gasteiger partial charge in [-0.3, -0.25) is 9.29 Å². The predicted octanol–water partition coefficient (Wildman–Crippen LogP) is 5.34. The quantitative estimate of drug-likeness (QED) is 0.573. The van der Waals surface area contributed by atoms with E-state index in [2.05, 4.69) is 4.98 Å². The van der Waals surface area contributed by atoms with E-state index in [0.717, 1.165) is 5.56 Å². The maximum absolute atomic E-state index is 13.4. The van der Waals surface area contributed by atoms with Crippen molar-refractivity contribution in [2.24, 2.45) is 0 Å². The largest absolute Gasteiger partial charge is 0.264 e. The van der Waals surface area contributed by atoms with Gasteiger partial charge in [0.15, 0.2) is 0 Å². The third-order valence-electron chi connectivity index (χ3n) is 3.97. The number of pyridine rings is 1. The fourth-order valence-electron chi connectivity index (χ4n) is 2.64. The molecule has 0 fully saturated rings. The Hall–Kier alpha value is -2.08. The molecule has 7 heteroatoms. The van der Waals surface area contributed by atoms with Crippen molar-refractivity contribution < 1.29 is 8.42 Å². The SMILES string of the molecule is CC(c1cccnc1)N(c1ccc(Cl)cc1)S(=O)(=O)c1ccc(Cl)cc1. The molecule has 3 aromatic rings. The summed E-state index contributed by atoms with van der Waals surface area (Å²) >= 11 is 11.9. The zero-order valence-electron chi connectivity index (χ0n) is 13.9. The van der Waals surface area contributed by atoms with E-state index in [4.69, 9.17) is 23.2 Å². The van der Waals surface area contributed by atoms with Gasteiger partial charge in [-0.2, -0.15) is 0 Å². The van der Waals surface area contributed by atoms with Crippen molar-refractivity contribution >= 4 is 38.9 Å². The lowest BCUT2D eigenvalue weighted by Gasteiger charge is -2.30. The number of halogens is 2. The van der Waals surface area contributed by atoms with Crippen LogP contribution in [0.5, 0.6) is 0 Å². The molecule has 0 N–H and O–H groups in total. The van der Waals surface area contributed by atoms with E-state index >= 15 is 0 Å². The van der Waals surface area contributed by atoms with E-state index in [1.165, 1.54) is 16.4 Å². The summed E-state index contributed by atoms with van der Waals surface area (Å²) in [5.41, 5.74) is 1.29. The summed E-state index contributed by atoms with van der Waals surface area (Å²) < 4.78 is 28.1. The summed E-state index contributed by atoms with van der Waals surface area (Å²) in [6.07, 6.45) is 3.31. The number of aromatic nitrogens is 1. The second-order valence-electron chi connectivity index (χ2n) is 5.69. The molecule has 1 aromatic heterocycles. The zero-order valence-corrected chi connectivity index (χ0v) is 16.2. The highest BCUT2D eigenvalue weighted by molar-refractivity contribution is 7.92. The van der Waals surface area contributed by atoms with Gasteiger partial charge in [0, 0.05) is 22.4 Å². The maximum Gasteiger partial charge on any atom is 0.264 e. The second kappa shape index (κ2) is 7.66. The molecule has 4 nitrogen and oxygen atoms in total. The molecule has 0 saturated heterocycles. The molecule has 0 saturated carbocycles. The van der Waals surface area contributed by atoms with Crippen LogP contribution in [0.15, 0.2) is 78.0 Å². The summed E-state index contributed by atoms with van der Waals surface area (Å²) in [6.45, 7) is 1.82. The molecule has 0 amide bonds. The lowest BCUT2D eigenvalue weighted by Crippen LogP contribution is -2.33. The van der Waals surface area contributed by atoms with Crippen molar-refractivity contribution in [3.8, 4) is 0 Å². The molecular formula is C19H16Cl2N2O2S. The van der Waals surface area contributed by atoms with Crippen LogP contribution in [-0.4, -0.2) is 13.4 Å². The van der Waals surface area contributed by atoms with Gasteiger partial charge in [-0.1, -0.05) is 29.3 Å². The number of hydrogen-bond acceptors (Lipinski definition) is 3. The average Bonchev–Trinajstić information content (AvgIpc) is 2.64. The molecule has 0 aliphatic heterocycles. The molecule has 1 unspecified atom stereocenters. The molecule has 0 radical (unpaired) electrons. The number of rotatable bonds is 5. The topological polar surface area (TPSA) is 50.3 Å². The number of anilines is 1. The molecule has 134 valence electrons. The first kappa shape index (κ1) is 18.7. The molecule has 2 aromatic carbocycles. The van der Waals surface area contributed by atoms with Gasteiger partial charge in [0.1, 0.15) is 0 Å². The predicted molar refractivity (Wildman–Crippen MR) is 105 cm³/mol. The fourth-order valence-corrected chi connectivity index (χ4v) is 4.53.